The van der Waals surface area contributed by atoms with E-state index in [1.807, 2.05) is 0 Å². The summed E-state index contributed by atoms with van der Waals surface area (Å²) in [5, 5.41) is 2.54. The van der Waals surface area contributed by atoms with Crippen LogP contribution < -0.4 is 14.8 Å². The number of alkyl halides is 3. The van der Waals surface area contributed by atoms with Gasteiger partial charge in [0, 0.05) is 11.8 Å². The summed E-state index contributed by atoms with van der Waals surface area (Å²) < 4.78 is 45.0. The van der Waals surface area contributed by atoms with E-state index in [0.717, 1.165) is 17.7 Å². The highest BCUT2D eigenvalue weighted by Crippen LogP contribution is 2.24. The molecule has 0 atom stereocenters. The van der Waals surface area contributed by atoms with Gasteiger partial charge in [-0.1, -0.05) is 12.1 Å². The highest BCUT2D eigenvalue weighted by molar-refractivity contribution is 6.01. The number of anilines is 1. The molecule has 1 amide bonds. The maximum atomic E-state index is 12.1. The third-order valence-corrected chi connectivity index (χ3v) is 2.88. The molecule has 0 spiro atoms. The van der Waals surface area contributed by atoms with Crippen molar-refractivity contribution < 1.29 is 27.4 Å². The zero-order valence-corrected chi connectivity index (χ0v) is 12.6. The molecule has 2 aromatic rings. The minimum absolute atomic E-state index is 0.352. The number of halogens is 3. The summed E-state index contributed by atoms with van der Waals surface area (Å²) >= 11 is 0. The number of carbonyl (C=O) groups excluding carboxylic acids is 1. The van der Waals surface area contributed by atoms with E-state index in [4.69, 9.17) is 4.74 Å². The van der Waals surface area contributed by atoms with Crippen LogP contribution in [0.3, 0.4) is 0 Å². The number of benzene rings is 2. The first kappa shape index (κ1) is 17.4. The first-order valence-electron chi connectivity index (χ1n) is 6.85. The number of amides is 1. The monoisotopic (exact) mass is 337 g/mol. The van der Waals surface area contributed by atoms with Crippen LogP contribution in [0.15, 0.2) is 54.6 Å². The summed E-state index contributed by atoms with van der Waals surface area (Å²) in [4.78, 5) is 11.8. The largest absolute Gasteiger partial charge is 0.573 e. The molecule has 7 heteroatoms. The topological polar surface area (TPSA) is 47.6 Å². The van der Waals surface area contributed by atoms with E-state index in [9.17, 15) is 18.0 Å². The van der Waals surface area contributed by atoms with E-state index in [1.54, 1.807) is 37.5 Å². The van der Waals surface area contributed by atoms with E-state index in [2.05, 4.69) is 10.1 Å². The Bertz CT molecular complexity index is 725. The summed E-state index contributed by atoms with van der Waals surface area (Å²) in [6, 6.07) is 12.0. The Morgan fingerprint density at radius 3 is 2.42 bits per heavy atom. The summed E-state index contributed by atoms with van der Waals surface area (Å²) in [6.45, 7) is 0. The van der Waals surface area contributed by atoms with Crippen LogP contribution in [0.2, 0.25) is 0 Å². The molecule has 2 rings (SSSR count). The maximum absolute atomic E-state index is 12.1. The fraction of sp³-hybridized carbons (Fsp3) is 0.118. The highest BCUT2D eigenvalue weighted by atomic mass is 19.4. The first-order valence-corrected chi connectivity index (χ1v) is 6.85. The minimum atomic E-state index is -4.75. The lowest BCUT2D eigenvalue weighted by Crippen LogP contribution is -2.17. The molecule has 0 fully saturated rings. The van der Waals surface area contributed by atoms with Crippen molar-refractivity contribution in [2.75, 3.05) is 12.4 Å². The van der Waals surface area contributed by atoms with Crippen molar-refractivity contribution in [3.63, 3.8) is 0 Å². The summed E-state index contributed by atoms with van der Waals surface area (Å²) in [5.41, 5.74) is 1.13. The number of methoxy groups -OCH3 is 1. The first-order chi connectivity index (χ1) is 11.4. The van der Waals surface area contributed by atoms with Gasteiger partial charge in [0.15, 0.2) is 0 Å². The van der Waals surface area contributed by atoms with Crippen LogP contribution in [0.25, 0.3) is 6.08 Å². The van der Waals surface area contributed by atoms with Gasteiger partial charge in [0.05, 0.1) is 7.11 Å². The van der Waals surface area contributed by atoms with Crippen LogP contribution >= 0.6 is 0 Å². The molecule has 0 aliphatic heterocycles. The fourth-order valence-electron chi connectivity index (χ4n) is 1.84. The Morgan fingerprint density at radius 2 is 1.79 bits per heavy atom. The zero-order chi connectivity index (χ0) is 17.6. The van der Waals surface area contributed by atoms with Gasteiger partial charge >= 0.3 is 6.36 Å². The normalized spacial score (nSPS) is 11.3. The van der Waals surface area contributed by atoms with Crippen molar-refractivity contribution in [1.82, 2.24) is 0 Å². The molecule has 4 nitrogen and oxygen atoms in total. The van der Waals surface area contributed by atoms with Gasteiger partial charge < -0.3 is 14.8 Å². The molecule has 0 radical (unpaired) electrons. The number of carbonyl (C=O) groups is 1. The summed E-state index contributed by atoms with van der Waals surface area (Å²) in [6.07, 6.45) is -1.84. The van der Waals surface area contributed by atoms with Gasteiger partial charge in [-0.15, -0.1) is 13.2 Å². The van der Waals surface area contributed by atoms with Gasteiger partial charge in [-0.2, -0.15) is 0 Å². The molecular formula is C17H14F3NO3. The lowest BCUT2D eigenvalue weighted by Gasteiger charge is -2.09. The quantitative estimate of drug-likeness (QED) is 0.830. The molecule has 126 valence electrons. The lowest BCUT2D eigenvalue weighted by molar-refractivity contribution is -0.274. The molecule has 0 aliphatic carbocycles. The predicted molar refractivity (Wildman–Crippen MR) is 83.8 cm³/mol. The molecule has 24 heavy (non-hydrogen) atoms. The van der Waals surface area contributed by atoms with E-state index < -0.39 is 12.3 Å². The number of hydrogen-bond donors (Lipinski definition) is 1. The fourth-order valence-corrected chi connectivity index (χ4v) is 1.84. The third kappa shape index (κ3) is 5.68. The zero-order valence-electron chi connectivity index (χ0n) is 12.6. The van der Waals surface area contributed by atoms with Gasteiger partial charge in [0.2, 0.25) is 5.91 Å². The predicted octanol–water partition coefficient (Wildman–Crippen LogP) is 4.25. The number of ether oxygens (including phenoxy) is 2. The van der Waals surface area contributed by atoms with Crippen molar-refractivity contribution in [3.05, 3.63) is 60.2 Å². The van der Waals surface area contributed by atoms with Crippen molar-refractivity contribution in [3.8, 4) is 11.5 Å². The minimum Gasteiger partial charge on any atom is -0.497 e. The third-order valence-electron chi connectivity index (χ3n) is 2.88. The smallest absolute Gasteiger partial charge is 0.497 e. The standard InChI is InChI=1S/C17H14F3NO3/c1-23-15-4-2-3-12(11-15)5-10-16(22)21-13-6-8-14(9-7-13)24-17(18,19)20/h2-11H,1H3,(H,21,22)/b10-5+. The van der Waals surface area contributed by atoms with E-state index in [1.165, 1.54) is 18.2 Å². The highest BCUT2D eigenvalue weighted by Gasteiger charge is 2.30. The van der Waals surface area contributed by atoms with Gasteiger partial charge in [-0.25, -0.2) is 0 Å². The SMILES string of the molecule is COc1cccc(/C=C/C(=O)Nc2ccc(OC(F)(F)F)cc2)c1. The van der Waals surface area contributed by atoms with Crippen LogP contribution in [0.1, 0.15) is 5.56 Å². The second-order valence-electron chi connectivity index (χ2n) is 4.67. The molecule has 0 unspecified atom stereocenters. The van der Waals surface area contributed by atoms with E-state index in [-0.39, 0.29) is 5.75 Å². The van der Waals surface area contributed by atoms with Gasteiger partial charge in [-0.05, 0) is 48.0 Å². The maximum Gasteiger partial charge on any atom is 0.573 e. The molecule has 0 aromatic heterocycles. The Balaban J connectivity index is 1.95. The molecule has 0 saturated carbocycles. The lowest BCUT2D eigenvalue weighted by atomic mass is 10.2. The number of hydrogen-bond acceptors (Lipinski definition) is 3. The molecule has 0 aliphatic rings. The van der Waals surface area contributed by atoms with Crippen molar-refractivity contribution in [1.29, 1.82) is 0 Å². The average molecular weight is 337 g/mol. The second kappa shape index (κ2) is 7.54. The van der Waals surface area contributed by atoms with E-state index >= 15 is 0 Å². The van der Waals surface area contributed by atoms with Crippen LogP contribution in [0.5, 0.6) is 11.5 Å². The molecule has 2 aromatic carbocycles. The van der Waals surface area contributed by atoms with Gasteiger partial charge in [0.25, 0.3) is 0 Å². The second-order valence-corrected chi connectivity index (χ2v) is 4.67. The summed E-state index contributed by atoms with van der Waals surface area (Å²) in [7, 11) is 1.54. The molecule has 0 saturated heterocycles. The molecule has 0 heterocycles. The Labute approximate surface area is 136 Å². The molecule has 0 bridgehead atoms. The number of rotatable bonds is 5. The van der Waals surface area contributed by atoms with Crippen LogP contribution in [-0.2, 0) is 4.79 Å². The van der Waals surface area contributed by atoms with Crippen molar-refractivity contribution in [2.24, 2.45) is 0 Å². The molecule has 1 N–H and O–H groups in total. The van der Waals surface area contributed by atoms with Crippen molar-refractivity contribution in [2.45, 2.75) is 6.36 Å². The Kier molecular flexibility index (Phi) is 5.47. The number of nitrogens with one attached hydrogen (secondary N) is 1. The van der Waals surface area contributed by atoms with Gasteiger partial charge in [-0.3, -0.25) is 4.79 Å². The van der Waals surface area contributed by atoms with E-state index in [0.29, 0.717) is 11.4 Å². The average Bonchev–Trinajstić information content (AvgIpc) is 2.54. The van der Waals surface area contributed by atoms with Crippen LogP contribution in [-0.4, -0.2) is 19.4 Å². The molecular weight excluding hydrogens is 323 g/mol. The Hall–Kier alpha value is -2.96. The van der Waals surface area contributed by atoms with Crippen LogP contribution in [0, 0.1) is 0 Å². The van der Waals surface area contributed by atoms with Crippen LogP contribution in [0.4, 0.5) is 18.9 Å². The summed E-state index contributed by atoms with van der Waals surface area (Å²) in [5.74, 6) is -0.104. The Morgan fingerprint density at radius 1 is 1.08 bits per heavy atom. The van der Waals surface area contributed by atoms with Gasteiger partial charge in [0.1, 0.15) is 11.5 Å². The van der Waals surface area contributed by atoms with Crippen molar-refractivity contribution >= 4 is 17.7 Å².